The molecule has 2 rings (SSSR count). The number of unbranched alkanes of at least 4 members (excludes halogenated alkanes) is 2. The Kier molecular flexibility index (Phi) is 6.22. The second kappa shape index (κ2) is 7.72. The highest BCUT2D eigenvalue weighted by Crippen LogP contribution is 2.24. The van der Waals surface area contributed by atoms with Crippen LogP contribution in [-0.4, -0.2) is 21.0 Å². The smallest absolute Gasteiger partial charge is 0.241 e. The fraction of sp³-hybridized carbons (Fsp3) is 0.600. The van der Waals surface area contributed by atoms with Crippen molar-refractivity contribution in [2.24, 2.45) is 0 Å². The Morgan fingerprint density at radius 2 is 2.05 bits per heavy atom. The predicted molar refractivity (Wildman–Crippen MR) is 88.7 cm³/mol. The zero-order valence-corrected chi connectivity index (χ0v) is 14.8. The van der Waals surface area contributed by atoms with Gasteiger partial charge in [0.2, 0.25) is 10.0 Å². The lowest BCUT2D eigenvalue weighted by Gasteiger charge is -2.10. The molecule has 6 heteroatoms. The van der Waals surface area contributed by atoms with E-state index in [1.807, 2.05) is 12.1 Å². The highest BCUT2D eigenvalue weighted by Gasteiger charge is 2.21. The van der Waals surface area contributed by atoms with Crippen molar-refractivity contribution in [1.29, 1.82) is 0 Å². The van der Waals surface area contributed by atoms with E-state index in [0.717, 1.165) is 31.4 Å². The first-order chi connectivity index (χ1) is 10.0. The van der Waals surface area contributed by atoms with Crippen LogP contribution in [0.15, 0.2) is 27.6 Å². The molecule has 0 amide bonds. The summed E-state index contributed by atoms with van der Waals surface area (Å²) in [5, 5.41) is 3.42. The normalized spacial score (nSPS) is 15.3. The lowest BCUT2D eigenvalue weighted by atomic mass is 10.2. The zero-order valence-electron chi connectivity index (χ0n) is 12.4. The summed E-state index contributed by atoms with van der Waals surface area (Å²) in [6, 6.07) is 6.08. The van der Waals surface area contributed by atoms with Crippen LogP contribution in [0.1, 0.15) is 44.6 Å². The van der Waals surface area contributed by atoms with E-state index in [2.05, 4.69) is 32.9 Å². The van der Waals surface area contributed by atoms with Crippen molar-refractivity contribution in [3.8, 4) is 0 Å². The van der Waals surface area contributed by atoms with Crippen molar-refractivity contribution < 1.29 is 8.42 Å². The molecule has 2 N–H and O–H groups in total. The van der Waals surface area contributed by atoms with Gasteiger partial charge in [0, 0.05) is 23.6 Å². The number of benzene rings is 1. The number of sulfonamides is 1. The van der Waals surface area contributed by atoms with Crippen LogP contribution in [0.4, 0.5) is 0 Å². The van der Waals surface area contributed by atoms with Crippen LogP contribution in [0.3, 0.4) is 0 Å². The third-order valence-corrected chi connectivity index (χ3v) is 5.97. The molecule has 0 aromatic heterocycles. The maximum Gasteiger partial charge on any atom is 0.241 e. The topological polar surface area (TPSA) is 58.2 Å². The molecule has 0 aliphatic heterocycles. The molecular weight excluding hydrogens is 352 g/mol. The van der Waals surface area contributed by atoms with Crippen LogP contribution in [-0.2, 0) is 16.6 Å². The summed E-state index contributed by atoms with van der Waals surface area (Å²) in [7, 11) is -3.42. The van der Waals surface area contributed by atoms with Crippen LogP contribution in [0, 0.1) is 0 Å². The minimum absolute atomic E-state index is 0.314. The molecule has 1 aromatic rings. The van der Waals surface area contributed by atoms with Gasteiger partial charge >= 0.3 is 0 Å². The van der Waals surface area contributed by atoms with E-state index in [9.17, 15) is 8.42 Å². The van der Waals surface area contributed by atoms with E-state index >= 15 is 0 Å². The van der Waals surface area contributed by atoms with E-state index in [1.165, 1.54) is 12.8 Å². The summed E-state index contributed by atoms with van der Waals surface area (Å²) in [4.78, 5) is 0.314. The average Bonchev–Trinajstić information content (AvgIpc) is 3.25. The molecule has 0 unspecified atom stereocenters. The van der Waals surface area contributed by atoms with Gasteiger partial charge < -0.3 is 5.32 Å². The van der Waals surface area contributed by atoms with Crippen LogP contribution < -0.4 is 10.0 Å². The third-order valence-electron chi connectivity index (χ3n) is 3.53. The third kappa shape index (κ3) is 5.36. The molecule has 0 spiro atoms. The summed E-state index contributed by atoms with van der Waals surface area (Å²) in [5.74, 6) is 0. The Balaban J connectivity index is 1.97. The molecule has 1 aliphatic rings. The van der Waals surface area contributed by atoms with Crippen molar-refractivity contribution in [1.82, 2.24) is 10.0 Å². The van der Waals surface area contributed by atoms with E-state index in [0.29, 0.717) is 22.0 Å². The van der Waals surface area contributed by atoms with Crippen LogP contribution in [0.25, 0.3) is 0 Å². The Labute approximate surface area is 135 Å². The van der Waals surface area contributed by atoms with Crippen molar-refractivity contribution >= 4 is 26.0 Å². The predicted octanol–water partition coefficient (Wildman–Crippen LogP) is 3.17. The Hall–Kier alpha value is -0.430. The van der Waals surface area contributed by atoms with E-state index in [-0.39, 0.29) is 0 Å². The van der Waals surface area contributed by atoms with E-state index in [4.69, 9.17) is 0 Å². The minimum Gasteiger partial charge on any atom is -0.310 e. The molecule has 4 nitrogen and oxygen atoms in total. The highest BCUT2D eigenvalue weighted by molar-refractivity contribution is 9.10. The number of rotatable bonds is 9. The van der Waals surface area contributed by atoms with Gasteiger partial charge in [-0.25, -0.2) is 13.1 Å². The summed E-state index contributed by atoms with van der Waals surface area (Å²) in [5.41, 5.74) is 1.10. The van der Waals surface area contributed by atoms with Gasteiger partial charge in [-0.05, 0) is 52.9 Å². The van der Waals surface area contributed by atoms with E-state index in [1.54, 1.807) is 6.07 Å². The van der Waals surface area contributed by atoms with Gasteiger partial charge in [-0.3, -0.25) is 0 Å². The molecular formula is C15H23BrN2O2S. The molecule has 118 valence electrons. The van der Waals surface area contributed by atoms with Gasteiger partial charge in [-0.15, -0.1) is 0 Å². The SMILES string of the molecule is CCCCCNS(=O)(=O)c1ccc(CNC2CC2)cc1Br. The standard InChI is InChI=1S/C15H23BrN2O2S/c1-2-3-4-9-18-21(19,20)15-8-5-12(10-14(15)16)11-17-13-6-7-13/h5,8,10,13,17-18H,2-4,6-7,9,11H2,1H3. The molecule has 0 heterocycles. The molecule has 21 heavy (non-hydrogen) atoms. The van der Waals surface area contributed by atoms with Gasteiger partial charge in [0.05, 0.1) is 4.90 Å². The van der Waals surface area contributed by atoms with Crippen molar-refractivity contribution in [2.45, 2.75) is 56.5 Å². The number of hydrogen-bond acceptors (Lipinski definition) is 3. The number of hydrogen-bond donors (Lipinski definition) is 2. The zero-order chi connectivity index (χ0) is 15.3. The van der Waals surface area contributed by atoms with Crippen molar-refractivity contribution in [3.63, 3.8) is 0 Å². The van der Waals surface area contributed by atoms with Crippen molar-refractivity contribution in [2.75, 3.05) is 6.54 Å². The largest absolute Gasteiger partial charge is 0.310 e. The maximum absolute atomic E-state index is 12.2. The summed E-state index contributed by atoms with van der Waals surface area (Å²) in [6.45, 7) is 3.38. The fourth-order valence-electron chi connectivity index (χ4n) is 2.08. The van der Waals surface area contributed by atoms with Gasteiger partial charge in [0.15, 0.2) is 0 Å². The first-order valence-corrected chi connectivity index (χ1v) is 9.82. The highest BCUT2D eigenvalue weighted by atomic mass is 79.9. The molecule has 1 fully saturated rings. The van der Waals surface area contributed by atoms with Crippen LogP contribution >= 0.6 is 15.9 Å². The minimum atomic E-state index is -3.42. The van der Waals surface area contributed by atoms with E-state index < -0.39 is 10.0 Å². The quantitative estimate of drug-likeness (QED) is 0.652. The maximum atomic E-state index is 12.2. The first kappa shape index (κ1) is 16.9. The van der Waals surface area contributed by atoms with Gasteiger partial charge in [0.1, 0.15) is 0 Å². The monoisotopic (exact) mass is 374 g/mol. The lowest BCUT2D eigenvalue weighted by molar-refractivity contribution is 0.575. The molecule has 1 saturated carbocycles. The molecule has 1 aromatic carbocycles. The molecule has 1 aliphatic carbocycles. The fourth-order valence-corrected chi connectivity index (χ4v) is 4.28. The van der Waals surface area contributed by atoms with Crippen LogP contribution in [0.2, 0.25) is 0 Å². The van der Waals surface area contributed by atoms with Gasteiger partial charge in [-0.2, -0.15) is 0 Å². The van der Waals surface area contributed by atoms with Gasteiger partial charge in [-0.1, -0.05) is 25.8 Å². The lowest BCUT2D eigenvalue weighted by Crippen LogP contribution is -2.25. The molecule has 0 atom stereocenters. The summed E-state index contributed by atoms with van der Waals surface area (Å²) < 4.78 is 27.8. The van der Waals surface area contributed by atoms with Gasteiger partial charge in [0.25, 0.3) is 0 Å². The second-order valence-corrected chi connectivity index (χ2v) is 8.11. The van der Waals surface area contributed by atoms with Crippen molar-refractivity contribution in [3.05, 3.63) is 28.2 Å². The molecule has 0 bridgehead atoms. The number of nitrogens with one attached hydrogen (secondary N) is 2. The Morgan fingerprint density at radius 3 is 2.67 bits per heavy atom. The number of halogens is 1. The second-order valence-electron chi connectivity index (χ2n) is 5.52. The average molecular weight is 375 g/mol. The molecule has 0 radical (unpaired) electrons. The summed E-state index contributed by atoms with van der Waals surface area (Å²) >= 11 is 3.38. The Morgan fingerprint density at radius 1 is 1.29 bits per heavy atom. The van der Waals surface area contributed by atoms with Crippen LogP contribution in [0.5, 0.6) is 0 Å². The first-order valence-electron chi connectivity index (χ1n) is 7.54. The summed E-state index contributed by atoms with van der Waals surface area (Å²) in [6.07, 6.45) is 5.48. The molecule has 0 saturated heterocycles. The Bertz CT molecular complexity index is 571.